The summed E-state index contributed by atoms with van der Waals surface area (Å²) in [5.41, 5.74) is 1.21. The average Bonchev–Trinajstić information content (AvgIpc) is 2.38. The average molecular weight is 263 g/mol. The molecule has 1 aromatic rings. The Labute approximate surface area is 111 Å². The topological polar surface area (TPSA) is 75.6 Å². The summed E-state index contributed by atoms with van der Waals surface area (Å²) < 4.78 is 5.68. The zero-order valence-corrected chi connectivity index (χ0v) is 10.8. The normalized spacial score (nSPS) is 22.8. The van der Waals surface area contributed by atoms with E-state index in [0.29, 0.717) is 13.0 Å². The minimum atomic E-state index is -0.938. The third-order valence-electron chi connectivity index (χ3n) is 3.22. The molecule has 1 fully saturated rings. The number of amides is 1. The van der Waals surface area contributed by atoms with E-state index in [2.05, 4.69) is 5.32 Å². The van der Waals surface area contributed by atoms with Crippen molar-refractivity contribution in [3.05, 3.63) is 35.4 Å². The summed E-state index contributed by atoms with van der Waals surface area (Å²) >= 11 is 0. The van der Waals surface area contributed by atoms with Gasteiger partial charge in [0.25, 0.3) is 0 Å². The highest BCUT2D eigenvalue weighted by Gasteiger charge is 2.24. The van der Waals surface area contributed by atoms with Crippen molar-refractivity contribution in [2.45, 2.75) is 31.9 Å². The maximum atomic E-state index is 11.1. The fourth-order valence-electron chi connectivity index (χ4n) is 2.29. The SMILES string of the molecule is CC(=O)N[C@@H]1CCO[C@H](c2ccc(C(=O)O)cc2)C1. The van der Waals surface area contributed by atoms with Crippen molar-refractivity contribution in [1.29, 1.82) is 0 Å². The summed E-state index contributed by atoms with van der Waals surface area (Å²) in [6.45, 7) is 2.10. The predicted molar refractivity (Wildman–Crippen MR) is 68.9 cm³/mol. The maximum absolute atomic E-state index is 11.1. The van der Waals surface area contributed by atoms with Crippen molar-refractivity contribution in [2.75, 3.05) is 6.61 Å². The number of carbonyl (C=O) groups excluding carboxylic acids is 1. The zero-order valence-electron chi connectivity index (χ0n) is 10.8. The van der Waals surface area contributed by atoms with Gasteiger partial charge in [0, 0.05) is 19.6 Å². The number of rotatable bonds is 3. The fraction of sp³-hybridized carbons (Fsp3) is 0.429. The van der Waals surface area contributed by atoms with Crippen LogP contribution >= 0.6 is 0 Å². The second kappa shape index (κ2) is 5.84. The van der Waals surface area contributed by atoms with Gasteiger partial charge < -0.3 is 15.2 Å². The number of ether oxygens (including phenoxy) is 1. The second-order valence-corrected chi connectivity index (χ2v) is 4.71. The third-order valence-corrected chi connectivity index (χ3v) is 3.22. The van der Waals surface area contributed by atoms with Gasteiger partial charge in [0.2, 0.25) is 5.91 Å². The van der Waals surface area contributed by atoms with E-state index >= 15 is 0 Å². The largest absolute Gasteiger partial charge is 0.478 e. The van der Waals surface area contributed by atoms with Gasteiger partial charge in [-0.3, -0.25) is 4.79 Å². The van der Waals surface area contributed by atoms with E-state index in [9.17, 15) is 9.59 Å². The van der Waals surface area contributed by atoms with Crippen LogP contribution in [0.25, 0.3) is 0 Å². The minimum Gasteiger partial charge on any atom is -0.478 e. The lowest BCUT2D eigenvalue weighted by molar-refractivity contribution is -0.120. The second-order valence-electron chi connectivity index (χ2n) is 4.71. The predicted octanol–water partition coefficient (Wildman–Crippen LogP) is 1.74. The first-order chi connectivity index (χ1) is 9.06. The standard InChI is InChI=1S/C14H17NO4/c1-9(16)15-12-6-7-19-13(8-12)10-2-4-11(5-3-10)14(17)18/h2-5,12-13H,6-8H2,1H3,(H,15,16)(H,17,18)/t12-,13+/m1/s1. The summed E-state index contributed by atoms with van der Waals surface area (Å²) in [4.78, 5) is 21.8. The molecule has 1 amide bonds. The van der Waals surface area contributed by atoms with Gasteiger partial charge in [-0.15, -0.1) is 0 Å². The molecule has 5 nitrogen and oxygen atoms in total. The molecule has 0 aliphatic carbocycles. The van der Waals surface area contributed by atoms with Crippen LogP contribution < -0.4 is 5.32 Å². The van der Waals surface area contributed by atoms with Gasteiger partial charge in [-0.25, -0.2) is 4.79 Å². The number of carboxylic acids is 1. The summed E-state index contributed by atoms with van der Waals surface area (Å²) in [5.74, 6) is -0.973. The van der Waals surface area contributed by atoms with Crippen LogP contribution in [0.4, 0.5) is 0 Å². The van der Waals surface area contributed by atoms with E-state index in [1.165, 1.54) is 6.92 Å². The highest BCUT2D eigenvalue weighted by molar-refractivity contribution is 5.87. The van der Waals surface area contributed by atoms with Crippen LogP contribution in [0, 0.1) is 0 Å². The van der Waals surface area contributed by atoms with Gasteiger partial charge in [0.05, 0.1) is 11.7 Å². The number of carbonyl (C=O) groups is 2. The Balaban J connectivity index is 2.04. The number of hydrogen-bond donors (Lipinski definition) is 2. The zero-order chi connectivity index (χ0) is 13.8. The van der Waals surface area contributed by atoms with Gasteiger partial charge in [-0.2, -0.15) is 0 Å². The molecule has 2 N–H and O–H groups in total. The molecule has 5 heteroatoms. The molecule has 102 valence electrons. The van der Waals surface area contributed by atoms with Crippen LogP contribution in [0.2, 0.25) is 0 Å². The van der Waals surface area contributed by atoms with Crippen LogP contribution in [0.3, 0.4) is 0 Å². The number of carboxylic acid groups (broad SMARTS) is 1. The van der Waals surface area contributed by atoms with Crippen molar-refractivity contribution in [3.8, 4) is 0 Å². The molecule has 2 atom stereocenters. The summed E-state index contributed by atoms with van der Waals surface area (Å²) in [7, 11) is 0. The van der Waals surface area contributed by atoms with Crippen molar-refractivity contribution in [2.24, 2.45) is 0 Å². The molecule has 0 radical (unpaired) electrons. The lowest BCUT2D eigenvalue weighted by Crippen LogP contribution is -2.38. The Morgan fingerprint density at radius 3 is 2.58 bits per heavy atom. The van der Waals surface area contributed by atoms with E-state index in [1.807, 2.05) is 0 Å². The van der Waals surface area contributed by atoms with Crippen molar-refractivity contribution < 1.29 is 19.4 Å². The first-order valence-corrected chi connectivity index (χ1v) is 6.28. The molecule has 1 aliphatic rings. The summed E-state index contributed by atoms with van der Waals surface area (Å²) in [6.07, 6.45) is 1.43. The van der Waals surface area contributed by atoms with Crippen molar-refractivity contribution in [1.82, 2.24) is 5.32 Å². The van der Waals surface area contributed by atoms with Crippen LogP contribution in [-0.4, -0.2) is 29.6 Å². The quantitative estimate of drug-likeness (QED) is 0.871. The molecule has 0 saturated carbocycles. The Hall–Kier alpha value is -1.88. The number of benzene rings is 1. The Bertz CT molecular complexity index is 469. The van der Waals surface area contributed by atoms with Gasteiger partial charge in [-0.05, 0) is 30.5 Å². The highest BCUT2D eigenvalue weighted by Crippen LogP contribution is 2.28. The Morgan fingerprint density at radius 1 is 1.32 bits per heavy atom. The van der Waals surface area contributed by atoms with Gasteiger partial charge in [-0.1, -0.05) is 12.1 Å². The maximum Gasteiger partial charge on any atom is 0.335 e. The molecule has 0 bridgehead atoms. The lowest BCUT2D eigenvalue weighted by atomic mass is 9.96. The first kappa shape index (κ1) is 13.5. The molecule has 1 heterocycles. The van der Waals surface area contributed by atoms with E-state index in [-0.39, 0.29) is 23.6 Å². The number of nitrogens with one attached hydrogen (secondary N) is 1. The third kappa shape index (κ3) is 3.54. The van der Waals surface area contributed by atoms with Gasteiger partial charge in [0.15, 0.2) is 0 Å². The van der Waals surface area contributed by atoms with Crippen LogP contribution in [-0.2, 0) is 9.53 Å². The van der Waals surface area contributed by atoms with E-state index in [0.717, 1.165) is 12.0 Å². The molecule has 1 aliphatic heterocycles. The van der Waals surface area contributed by atoms with Gasteiger partial charge >= 0.3 is 5.97 Å². The fourth-order valence-corrected chi connectivity index (χ4v) is 2.29. The molecular weight excluding hydrogens is 246 g/mol. The smallest absolute Gasteiger partial charge is 0.335 e. The van der Waals surface area contributed by atoms with E-state index in [1.54, 1.807) is 24.3 Å². The molecule has 19 heavy (non-hydrogen) atoms. The number of aromatic carboxylic acids is 1. The van der Waals surface area contributed by atoms with E-state index < -0.39 is 5.97 Å². The number of hydrogen-bond acceptors (Lipinski definition) is 3. The van der Waals surface area contributed by atoms with Crippen LogP contribution in [0.5, 0.6) is 0 Å². The highest BCUT2D eigenvalue weighted by atomic mass is 16.5. The summed E-state index contributed by atoms with van der Waals surface area (Å²) in [5, 5.41) is 11.7. The molecular formula is C14H17NO4. The molecule has 0 spiro atoms. The van der Waals surface area contributed by atoms with Crippen LogP contribution in [0.1, 0.15) is 41.8 Å². The Morgan fingerprint density at radius 2 is 2.00 bits per heavy atom. The lowest BCUT2D eigenvalue weighted by Gasteiger charge is -2.30. The molecule has 1 saturated heterocycles. The molecule has 0 unspecified atom stereocenters. The van der Waals surface area contributed by atoms with Crippen molar-refractivity contribution in [3.63, 3.8) is 0 Å². The Kier molecular flexibility index (Phi) is 4.16. The monoisotopic (exact) mass is 263 g/mol. The van der Waals surface area contributed by atoms with E-state index in [4.69, 9.17) is 9.84 Å². The van der Waals surface area contributed by atoms with Gasteiger partial charge in [0.1, 0.15) is 0 Å². The molecule has 0 aromatic heterocycles. The summed E-state index contributed by atoms with van der Waals surface area (Å²) in [6, 6.07) is 6.80. The first-order valence-electron chi connectivity index (χ1n) is 6.28. The van der Waals surface area contributed by atoms with Crippen molar-refractivity contribution >= 4 is 11.9 Å². The molecule has 1 aromatic carbocycles. The van der Waals surface area contributed by atoms with Crippen LogP contribution in [0.15, 0.2) is 24.3 Å². The molecule has 2 rings (SSSR count). The minimum absolute atomic E-state index is 0.0353.